The lowest BCUT2D eigenvalue weighted by Gasteiger charge is -2.25. The highest BCUT2D eigenvalue weighted by Crippen LogP contribution is 2.22. The van der Waals surface area contributed by atoms with Crippen LogP contribution in [0.3, 0.4) is 0 Å². The Labute approximate surface area is 124 Å². The average molecular weight is 277 g/mol. The summed E-state index contributed by atoms with van der Waals surface area (Å²) in [4.78, 5) is 0. The van der Waals surface area contributed by atoms with Gasteiger partial charge in [0.2, 0.25) is 0 Å². The average Bonchev–Trinajstić information content (AvgIpc) is 2.42. The van der Waals surface area contributed by atoms with Gasteiger partial charge in [-0.2, -0.15) is 0 Å². The third kappa shape index (κ3) is 5.26. The van der Waals surface area contributed by atoms with E-state index in [4.69, 9.17) is 4.74 Å². The Morgan fingerprint density at radius 1 is 1.15 bits per heavy atom. The van der Waals surface area contributed by atoms with Crippen molar-refractivity contribution in [2.75, 3.05) is 13.7 Å². The molecule has 0 aliphatic carbocycles. The van der Waals surface area contributed by atoms with Crippen LogP contribution in [0.5, 0.6) is 0 Å². The van der Waals surface area contributed by atoms with Crippen LogP contribution in [0.2, 0.25) is 0 Å². The predicted molar refractivity (Wildman–Crippen MR) is 87.4 cm³/mol. The van der Waals surface area contributed by atoms with Gasteiger partial charge in [0, 0.05) is 13.2 Å². The second kappa shape index (κ2) is 7.80. The van der Waals surface area contributed by atoms with Crippen molar-refractivity contribution in [1.29, 1.82) is 0 Å². The SMILES string of the molecule is CCCNC(Cc1ccc(C(C)(C)C)cc1)C(C)OC. The highest BCUT2D eigenvalue weighted by Gasteiger charge is 2.17. The molecule has 0 bridgehead atoms. The van der Waals surface area contributed by atoms with E-state index in [1.807, 2.05) is 0 Å². The van der Waals surface area contributed by atoms with Crippen molar-refractivity contribution in [2.45, 2.75) is 65.0 Å². The van der Waals surface area contributed by atoms with Gasteiger partial charge in [-0.05, 0) is 42.9 Å². The molecule has 1 aromatic rings. The third-order valence-corrected chi connectivity index (χ3v) is 3.87. The first-order valence-corrected chi connectivity index (χ1v) is 7.74. The molecule has 0 radical (unpaired) electrons. The Morgan fingerprint density at radius 2 is 1.75 bits per heavy atom. The maximum absolute atomic E-state index is 5.50. The number of hydrogen-bond donors (Lipinski definition) is 1. The van der Waals surface area contributed by atoms with E-state index in [0.717, 1.165) is 19.4 Å². The molecule has 0 spiro atoms. The first kappa shape index (κ1) is 17.2. The number of hydrogen-bond acceptors (Lipinski definition) is 2. The number of methoxy groups -OCH3 is 1. The number of ether oxygens (including phenoxy) is 1. The molecule has 2 heteroatoms. The molecule has 0 aliphatic heterocycles. The Balaban J connectivity index is 2.73. The maximum Gasteiger partial charge on any atom is 0.0699 e. The Bertz CT molecular complexity index is 377. The van der Waals surface area contributed by atoms with Gasteiger partial charge in [0.05, 0.1) is 6.10 Å². The predicted octanol–water partition coefficient (Wildman–Crippen LogP) is 3.93. The van der Waals surface area contributed by atoms with Crippen molar-refractivity contribution in [3.8, 4) is 0 Å². The smallest absolute Gasteiger partial charge is 0.0699 e. The molecule has 0 heterocycles. The fourth-order valence-corrected chi connectivity index (χ4v) is 2.29. The van der Waals surface area contributed by atoms with Gasteiger partial charge in [0.1, 0.15) is 0 Å². The summed E-state index contributed by atoms with van der Waals surface area (Å²) >= 11 is 0. The van der Waals surface area contributed by atoms with Gasteiger partial charge in [-0.1, -0.05) is 52.0 Å². The topological polar surface area (TPSA) is 21.3 Å². The molecule has 0 aliphatic rings. The van der Waals surface area contributed by atoms with E-state index in [-0.39, 0.29) is 11.5 Å². The van der Waals surface area contributed by atoms with Crippen molar-refractivity contribution in [2.24, 2.45) is 0 Å². The highest BCUT2D eigenvalue weighted by molar-refractivity contribution is 5.28. The van der Waals surface area contributed by atoms with Crippen LogP contribution in [0.4, 0.5) is 0 Å². The van der Waals surface area contributed by atoms with E-state index < -0.39 is 0 Å². The number of benzene rings is 1. The van der Waals surface area contributed by atoms with Gasteiger partial charge >= 0.3 is 0 Å². The summed E-state index contributed by atoms with van der Waals surface area (Å²) in [6.07, 6.45) is 2.39. The zero-order chi connectivity index (χ0) is 15.2. The van der Waals surface area contributed by atoms with Crippen LogP contribution in [0, 0.1) is 0 Å². The minimum absolute atomic E-state index is 0.220. The van der Waals surface area contributed by atoms with E-state index in [0.29, 0.717) is 6.04 Å². The van der Waals surface area contributed by atoms with Gasteiger partial charge in [-0.25, -0.2) is 0 Å². The first-order valence-electron chi connectivity index (χ1n) is 7.74. The van der Waals surface area contributed by atoms with Gasteiger partial charge < -0.3 is 10.1 Å². The van der Waals surface area contributed by atoms with Gasteiger partial charge in [0.25, 0.3) is 0 Å². The minimum Gasteiger partial charge on any atom is -0.380 e. The van der Waals surface area contributed by atoms with Crippen LogP contribution in [0.15, 0.2) is 24.3 Å². The summed E-state index contributed by atoms with van der Waals surface area (Å²) in [6, 6.07) is 9.39. The van der Waals surface area contributed by atoms with Crippen LogP contribution in [0.1, 0.15) is 52.2 Å². The number of nitrogens with one attached hydrogen (secondary N) is 1. The third-order valence-electron chi connectivity index (χ3n) is 3.87. The summed E-state index contributed by atoms with van der Waals surface area (Å²) in [6.45, 7) is 12.1. The molecule has 1 N–H and O–H groups in total. The molecule has 2 nitrogen and oxygen atoms in total. The summed E-state index contributed by atoms with van der Waals surface area (Å²) in [5.41, 5.74) is 2.98. The van der Waals surface area contributed by atoms with Gasteiger partial charge in [-0.3, -0.25) is 0 Å². The van der Waals surface area contributed by atoms with Crippen molar-refractivity contribution >= 4 is 0 Å². The van der Waals surface area contributed by atoms with E-state index >= 15 is 0 Å². The molecule has 0 aromatic heterocycles. The molecule has 0 fully saturated rings. The molecule has 0 amide bonds. The van der Waals surface area contributed by atoms with Gasteiger partial charge in [-0.15, -0.1) is 0 Å². The lowest BCUT2D eigenvalue weighted by atomic mass is 9.86. The van der Waals surface area contributed by atoms with E-state index in [2.05, 4.69) is 64.2 Å². The number of rotatable bonds is 7. The fourth-order valence-electron chi connectivity index (χ4n) is 2.29. The van der Waals surface area contributed by atoms with E-state index in [1.165, 1.54) is 11.1 Å². The van der Waals surface area contributed by atoms with E-state index in [9.17, 15) is 0 Å². The Kier molecular flexibility index (Phi) is 6.70. The van der Waals surface area contributed by atoms with Crippen molar-refractivity contribution in [3.05, 3.63) is 35.4 Å². The standard InChI is InChI=1S/C18H31NO/c1-7-12-19-17(14(2)20-6)13-15-8-10-16(11-9-15)18(3,4)5/h8-11,14,17,19H,7,12-13H2,1-6H3. The van der Waals surface area contributed by atoms with Crippen LogP contribution < -0.4 is 5.32 Å². The Hall–Kier alpha value is -0.860. The lowest BCUT2D eigenvalue weighted by Crippen LogP contribution is -2.41. The molecule has 0 saturated carbocycles. The summed E-state index contributed by atoms with van der Waals surface area (Å²) in [5, 5.41) is 3.59. The van der Waals surface area contributed by atoms with Crippen LogP contribution in [0.25, 0.3) is 0 Å². The normalized spacial score (nSPS) is 15.1. The second-order valence-electron chi connectivity index (χ2n) is 6.65. The lowest BCUT2D eigenvalue weighted by molar-refractivity contribution is 0.0831. The fraction of sp³-hybridized carbons (Fsp3) is 0.667. The summed E-state index contributed by atoms with van der Waals surface area (Å²) in [5.74, 6) is 0. The molecule has 2 atom stereocenters. The van der Waals surface area contributed by atoms with Crippen molar-refractivity contribution in [1.82, 2.24) is 5.32 Å². The zero-order valence-electron chi connectivity index (χ0n) is 14.0. The minimum atomic E-state index is 0.220. The van der Waals surface area contributed by atoms with Gasteiger partial charge in [0.15, 0.2) is 0 Å². The molecular formula is C18H31NO. The first-order chi connectivity index (χ1) is 9.38. The Morgan fingerprint density at radius 3 is 2.20 bits per heavy atom. The van der Waals surface area contributed by atoms with Crippen LogP contribution in [-0.4, -0.2) is 25.8 Å². The molecular weight excluding hydrogens is 246 g/mol. The quantitative estimate of drug-likeness (QED) is 0.815. The molecule has 0 saturated heterocycles. The van der Waals surface area contributed by atoms with Crippen LogP contribution >= 0.6 is 0 Å². The van der Waals surface area contributed by atoms with E-state index in [1.54, 1.807) is 7.11 Å². The second-order valence-corrected chi connectivity index (χ2v) is 6.65. The zero-order valence-corrected chi connectivity index (χ0v) is 14.0. The molecule has 20 heavy (non-hydrogen) atoms. The molecule has 2 unspecified atom stereocenters. The van der Waals surface area contributed by atoms with Crippen LogP contribution in [-0.2, 0) is 16.6 Å². The molecule has 1 aromatic carbocycles. The summed E-state index contributed by atoms with van der Waals surface area (Å²) < 4.78 is 5.50. The summed E-state index contributed by atoms with van der Waals surface area (Å²) in [7, 11) is 1.79. The largest absolute Gasteiger partial charge is 0.380 e. The monoisotopic (exact) mass is 277 g/mol. The maximum atomic E-state index is 5.50. The molecule has 1 rings (SSSR count). The highest BCUT2D eigenvalue weighted by atomic mass is 16.5. The molecule has 114 valence electrons. The van der Waals surface area contributed by atoms with Crippen molar-refractivity contribution in [3.63, 3.8) is 0 Å². The van der Waals surface area contributed by atoms with Crippen molar-refractivity contribution < 1.29 is 4.74 Å².